The summed E-state index contributed by atoms with van der Waals surface area (Å²) in [6.07, 6.45) is 3.83. The number of rotatable bonds is 8. The highest BCUT2D eigenvalue weighted by Gasteiger charge is 2.27. The minimum atomic E-state index is -3.53. The Labute approximate surface area is 183 Å². The third kappa shape index (κ3) is 4.75. The van der Waals surface area contributed by atoms with Gasteiger partial charge in [-0.15, -0.1) is 0 Å². The summed E-state index contributed by atoms with van der Waals surface area (Å²) in [5, 5.41) is 0. The predicted molar refractivity (Wildman–Crippen MR) is 121 cm³/mol. The van der Waals surface area contributed by atoms with Gasteiger partial charge in [-0.05, 0) is 54.0 Å². The highest BCUT2D eigenvalue weighted by Crippen LogP contribution is 2.31. The van der Waals surface area contributed by atoms with Crippen LogP contribution in [0.1, 0.15) is 25.0 Å². The molecule has 0 fully saturated rings. The smallest absolute Gasteiger partial charge is 0.251 e. The Kier molecular flexibility index (Phi) is 7.02. The summed E-state index contributed by atoms with van der Waals surface area (Å²) in [5.74, 6) is 1.11. The zero-order valence-electron chi connectivity index (χ0n) is 18.3. The molecule has 31 heavy (non-hydrogen) atoms. The molecule has 0 bridgehead atoms. The average Bonchev–Trinajstić information content (AvgIpc) is 3.21. The SMILES string of the molecule is CCN(CC)S(=O)(=O)c1ccc2c(c1)CCN2C(=O)/C=C/c1cc(OC)cc(OC)c1. The van der Waals surface area contributed by atoms with Crippen molar-refractivity contribution < 1.29 is 22.7 Å². The summed E-state index contributed by atoms with van der Waals surface area (Å²) in [7, 11) is -0.382. The second kappa shape index (κ2) is 9.53. The molecule has 1 heterocycles. The van der Waals surface area contributed by atoms with Crippen molar-refractivity contribution in [2.45, 2.75) is 25.2 Å². The molecule has 0 unspecified atom stereocenters. The molecule has 166 valence electrons. The number of amides is 1. The zero-order valence-corrected chi connectivity index (χ0v) is 19.1. The summed E-state index contributed by atoms with van der Waals surface area (Å²) < 4.78 is 37.5. The topological polar surface area (TPSA) is 76.2 Å². The first-order valence-corrected chi connectivity index (χ1v) is 11.6. The molecule has 1 amide bonds. The molecule has 0 atom stereocenters. The van der Waals surface area contributed by atoms with Gasteiger partial charge in [0.25, 0.3) is 5.91 Å². The Balaban J connectivity index is 1.82. The van der Waals surface area contributed by atoms with Crippen LogP contribution in [0.4, 0.5) is 5.69 Å². The van der Waals surface area contributed by atoms with Gasteiger partial charge in [-0.3, -0.25) is 4.79 Å². The van der Waals surface area contributed by atoms with Crippen LogP contribution in [-0.4, -0.2) is 52.5 Å². The molecule has 0 spiro atoms. The van der Waals surface area contributed by atoms with Gasteiger partial charge in [0.1, 0.15) is 11.5 Å². The second-order valence-electron chi connectivity index (χ2n) is 7.10. The maximum absolute atomic E-state index is 12.8. The minimum Gasteiger partial charge on any atom is -0.497 e. The lowest BCUT2D eigenvalue weighted by atomic mass is 10.1. The van der Waals surface area contributed by atoms with Gasteiger partial charge in [-0.25, -0.2) is 8.42 Å². The Morgan fingerprint density at radius 3 is 2.29 bits per heavy atom. The van der Waals surface area contributed by atoms with Crippen LogP contribution in [0.3, 0.4) is 0 Å². The molecule has 1 aliphatic heterocycles. The fourth-order valence-electron chi connectivity index (χ4n) is 3.66. The van der Waals surface area contributed by atoms with E-state index in [1.807, 2.05) is 26.0 Å². The lowest BCUT2D eigenvalue weighted by molar-refractivity contribution is -0.114. The first-order valence-electron chi connectivity index (χ1n) is 10.2. The molecule has 7 nitrogen and oxygen atoms in total. The van der Waals surface area contributed by atoms with Gasteiger partial charge in [0.2, 0.25) is 10.0 Å². The molecule has 2 aromatic carbocycles. The molecular formula is C23H28N2O5S. The molecular weight excluding hydrogens is 416 g/mol. The lowest BCUT2D eigenvalue weighted by Crippen LogP contribution is -2.30. The maximum Gasteiger partial charge on any atom is 0.251 e. The maximum atomic E-state index is 12.8. The van der Waals surface area contributed by atoms with E-state index in [0.29, 0.717) is 37.6 Å². The van der Waals surface area contributed by atoms with Gasteiger partial charge >= 0.3 is 0 Å². The van der Waals surface area contributed by atoms with Crippen molar-refractivity contribution in [2.75, 3.05) is 38.8 Å². The fourth-order valence-corrected chi connectivity index (χ4v) is 5.17. The molecule has 8 heteroatoms. The van der Waals surface area contributed by atoms with Gasteiger partial charge in [0.15, 0.2) is 0 Å². The largest absolute Gasteiger partial charge is 0.497 e. The molecule has 1 aliphatic rings. The van der Waals surface area contributed by atoms with E-state index in [2.05, 4.69) is 0 Å². The van der Waals surface area contributed by atoms with Gasteiger partial charge in [0.05, 0.1) is 19.1 Å². The predicted octanol–water partition coefficient (Wildman–Crippen LogP) is 3.34. The first kappa shape index (κ1) is 22.8. The minimum absolute atomic E-state index is 0.167. The van der Waals surface area contributed by atoms with Crippen LogP contribution in [0.25, 0.3) is 6.08 Å². The quantitative estimate of drug-likeness (QED) is 0.584. The molecule has 2 aromatic rings. The number of hydrogen-bond acceptors (Lipinski definition) is 5. The summed E-state index contributed by atoms with van der Waals surface area (Å²) >= 11 is 0. The van der Waals surface area contributed by atoms with E-state index in [1.54, 1.807) is 49.5 Å². The van der Waals surface area contributed by atoms with Gasteiger partial charge in [-0.2, -0.15) is 4.31 Å². The van der Waals surface area contributed by atoms with E-state index in [4.69, 9.17) is 9.47 Å². The number of ether oxygens (including phenoxy) is 2. The normalized spacial score (nSPS) is 13.6. The molecule has 0 aliphatic carbocycles. The number of carbonyl (C=O) groups is 1. The molecule has 3 rings (SSSR count). The average molecular weight is 445 g/mol. The Bertz CT molecular complexity index is 1070. The highest BCUT2D eigenvalue weighted by molar-refractivity contribution is 7.89. The Hall–Kier alpha value is -2.84. The lowest BCUT2D eigenvalue weighted by Gasteiger charge is -2.19. The third-order valence-corrected chi connectivity index (χ3v) is 7.39. The molecule has 0 radical (unpaired) electrons. The van der Waals surface area contributed by atoms with E-state index in [-0.39, 0.29) is 10.8 Å². The summed E-state index contributed by atoms with van der Waals surface area (Å²) in [6, 6.07) is 10.4. The monoisotopic (exact) mass is 444 g/mol. The Morgan fingerprint density at radius 2 is 1.71 bits per heavy atom. The van der Waals surface area contributed by atoms with Crippen LogP contribution in [0.5, 0.6) is 11.5 Å². The number of sulfonamides is 1. The second-order valence-corrected chi connectivity index (χ2v) is 9.04. The number of fused-ring (bicyclic) bond motifs is 1. The van der Waals surface area contributed by atoms with Crippen LogP contribution in [0, 0.1) is 0 Å². The molecule has 0 N–H and O–H groups in total. The van der Waals surface area contributed by atoms with E-state index in [0.717, 1.165) is 16.8 Å². The summed E-state index contributed by atoms with van der Waals surface area (Å²) in [4.78, 5) is 14.8. The fraction of sp³-hybridized carbons (Fsp3) is 0.348. The zero-order chi connectivity index (χ0) is 22.6. The number of hydrogen-bond donors (Lipinski definition) is 0. The van der Waals surface area contributed by atoms with Gasteiger partial charge < -0.3 is 14.4 Å². The van der Waals surface area contributed by atoms with Crippen molar-refractivity contribution in [1.29, 1.82) is 0 Å². The highest BCUT2D eigenvalue weighted by atomic mass is 32.2. The number of benzene rings is 2. The van der Waals surface area contributed by atoms with Crippen LogP contribution >= 0.6 is 0 Å². The van der Waals surface area contributed by atoms with E-state index < -0.39 is 10.0 Å². The van der Waals surface area contributed by atoms with Crippen molar-refractivity contribution in [3.63, 3.8) is 0 Å². The van der Waals surface area contributed by atoms with Crippen LogP contribution in [0.2, 0.25) is 0 Å². The van der Waals surface area contributed by atoms with E-state index >= 15 is 0 Å². The number of anilines is 1. The summed E-state index contributed by atoms with van der Waals surface area (Å²) in [6.45, 7) is 4.98. The van der Waals surface area contributed by atoms with Gasteiger partial charge in [0, 0.05) is 37.5 Å². The number of carbonyl (C=O) groups excluding carboxylic acids is 1. The van der Waals surface area contributed by atoms with Gasteiger partial charge in [-0.1, -0.05) is 13.8 Å². The number of nitrogens with zero attached hydrogens (tertiary/aromatic N) is 2. The van der Waals surface area contributed by atoms with Crippen molar-refractivity contribution >= 4 is 27.7 Å². The van der Waals surface area contributed by atoms with E-state index in [9.17, 15) is 13.2 Å². The van der Waals surface area contributed by atoms with Crippen LogP contribution in [0.15, 0.2) is 47.4 Å². The van der Waals surface area contributed by atoms with Crippen molar-refractivity contribution in [2.24, 2.45) is 0 Å². The van der Waals surface area contributed by atoms with Crippen LogP contribution < -0.4 is 14.4 Å². The number of methoxy groups -OCH3 is 2. The van der Waals surface area contributed by atoms with Crippen molar-refractivity contribution in [3.8, 4) is 11.5 Å². The molecule has 0 aromatic heterocycles. The van der Waals surface area contributed by atoms with Crippen molar-refractivity contribution in [3.05, 3.63) is 53.6 Å². The van der Waals surface area contributed by atoms with Crippen molar-refractivity contribution in [1.82, 2.24) is 4.31 Å². The van der Waals surface area contributed by atoms with Crippen LogP contribution in [-0.2, 0) is 21.2 Å². The Morgan fingerprint density at radius 1 is 1.06 bits per heavy atom. The third-order valence-electron chi connectivity index (χ3n) is 5.35. The molecule has 0 saturated carbocycles. The molecule has 0 saturated heterocycles. The first-order chi connectivity index (χ1) is 14.8. The summed E-state index contributed by atoms with van der Waals surface area (Å²) in [5.41, 5.74) is 2.39. The van der Waals surface area contributed by atoms with E-state index in [1.165, 1.54) is 10.4 Å². The standard InChI is InChI=1S/C23H28N2O5S/c1-5-24(6-2)31(27,28)21-8-9-22-18(15-21)11-12-25(22)23(26)10-7-17-13-19(29-3)16-20(14-17)30-4/h7-10,13-16H,5-6,11-12H2,1-4H3/b10-7+.